The fourth-order valence-corrected chi connectivity index (χ4v) is 4.91. The number of amides is 1. The second-order valence-electron chi connectivity index (χ2n) is 9.59. The number of carbonyl (C=O) groups excluding carboxylic acids is 1. The molecule has 1 fully saturated rings. The number of piperazine rings is 1. The Balaban J connectivity index is 0.00000228. The van der Waals surface area contributed by atoms with Crippen molar-refractivity contribution in [2.75, 3.05) is 26.2 Å². The molecule has 1 N–H and O–H groups in total. The third kappa shape index (κ3) is 6.77. The number of nitrogens with zero attached hydrogens (tertiary/aromatic N) is 3. The minimum atomic E-state index is 0. The molecule has 1 amide bonds. The zero-order valence-corrected chi connectivity index (χ0v) is 23.5. The van der Waals surface area contributed by atoms with E-state index in [1.54, 1.807) is 0 Å². The topological polar surface area (TPSA) is 48.5 Å². The second-order valence-corrected chi connectivity index (χ2v) is 9.59. The lowest BCUT2D eigenvalue weighted by atomic mass is 9.95. The fourth-order valence-electron chi connectivity index (χ4n) is 4.91. The number of fused-ring (bicyclic) bond motifs is 1. The Kier molecular flexibility index (Phi) is 11.6. The summed E-state index contributed by atoms with van der Waals surface area (Å²) < 4.78 is 0. The van der Waals surface area contributed by atoms with Gasteiger partial charge >= 0.3 is 0 Å². The highest BCUT2D eigenvalue weighted by molar-refractivity contribution is 6.09. The van der Waals surface area contributed by atoms with Crippen molar-refractivity contribution in [3.05, 3.63) is 65.7 Å². The van der Waals surface area contributed by atoms with E-state index in [1.807, 2.05) is 42.5 Å². The summed E-state index contributed by atoms with van der Waals surface area (Å²) in [6.45, 7) is 13.6. The summed E-state index contributed by atoms with van der Waals surface area (Å²) in [6.07, 6.45) is 1.84. The molecule has 7 heteroatoms. The van der Waals surface area contributed by atoms with E-state index >= 15 is 0 Å². The summed E-state index contributed by atoms with van der Waals surface area (Å²) in [6, 6.07) is 19.1. The third-order valence-corrected chi connectivity index (χ3v) is 7.11. The Morgan fingerprint density at radius 3 is 2.14 bits per heavy atom. The van der Waals surface area contributed by atoms with E-state index in [9.17, 15) is 4.79 Å². The minimum absolute atomic E-state index is 0. The molecule has 0 atom stereocenters. The lowest BCUT2D eigenvalue weighted by Gasteiger charge is -2.37. The van der Waals surface area contributed by atoms with Crippen LogP contribution in [0.25, 0.3) is 22.2 Å². The van der Waals surface area contributed by atoms with Gasteiger partial charge in [-0.2, -0.15) is 0 Å². The van der Waals surface area contributed by atoms with Gasteiger partial charge in [0.15, 0.2) is 0 Å². The first-order chi connectivity index (χ1) is 16.5. The second kappa shape index (κ2) is 13.9. The fraction of sp³-hybridized carbons (Fsp3) is 0.448. The summed E-state index contributed by atoms with van der Waals surface area (Å²) in [5.74, 6) is 0.0142. The number of nitrogens with one attached hydrogen (secondary N) is 1. The normalized spacial score (nSPS) is 14.5. The van der Waals surface area contributed by atoms with Crippen molar-refractivity contribution in [1.29, 1.82) is 0 Å². The molecule has 1 aliphatic rings. The van der Waals surface area contributed by atoms with Gasteiger partial charge in [-0.25, -0.2) is 4.98 Å². The number of rotatable bonds is 8. The van der Waals surface area contributed by atoms with Gasteiger partial charge in [0.2, 0.25) is 0 Å². The number of pyridine rings is 1. The Hall–Kier alpha value is -2.18. The molecule has 0 spiro atoms. The number of benzene rings is 2. The van der Waals surface area contributed by atoms with Crippen LogP contribution in [0.5, 0.6) is 0 Å². The first kappa shape index (κ1) is 30.0. The quantitative estimate of drug-likeness (QED) is 0.377. The molecule has 36 heavy (non-hydrogen) atoms. The standard InChI is InChI=1S/C29H38N4O.2ClH/c1-5-23(6-2)30-29(34)27-24-14-10-11-15-26(24)31-28(22-12-8-7-9-13-22)25(27)20-32-16-18-33(19-17-32)21(3)4;;/h7-15,21,23H,5-6,16-20H2,1-4H3,(H,30,34);2*1H. The summed E-state index contributed by atoms with van der Waals surface area (Å²) in [5, 5.41) is 4.24. The Morgan fingerprint density at radius 2 is 1.53 bits per heavy atom. The molecule has 1 aromatic heterocycles. The lowest BCUT2D eigenvalue weighted by Crippen LogP contribution is -2.48. The maximum Gasteiger partial charge on any atom is 0.252 e. The van der Waals surface area contributed by atoms with Crippen LogP contribution in [0.2, 0.25) is 0 Å². The van der Waals surface area contributed by atoms with E-state index in [0.717, 1.165) is 78.9 Å². The minimum Gasteiger partial charge on any atom is -0.349 e. The van der Waals surface area contributed by atoms with Crippen LogP contribution in [0.15, 0.2) is 54.6 Å². The van der Waals surface area contributed by atoms with Gasteiger partial charge in [-0.1, -0.05) is 62.4 Å². The highest BCUT2D eigenvalue weighted by Crippen LogP contribution is 2.32. The molecule has 196 valence electrons. The zero-order valence-electron chi connectivity index (χ0n) is 21.9. The highest BCUT2D eigenvalue weighted by atomic mass is 35.5. The highest BCUT2D eigenvalue weighted by Gasteiger charge is 2.26. The molecule has 4 rings (SSSR count). The van der Waals surface area contributed by atoms with Crippen molar-refractivity contribution in [1.82, 2.24) is 20.1 Å². The van der Waals surface area contributed by atoms with Crippen molar-refractivity contribution in [2.45, 2.75) is 59.2 Å². The van der Waals surface area contributed by atoms with Gasteiger partial charge in [0.05, 0.1) is 16.8 Å². The number of hydrogen-bond acceptors (Lipinski definition) is 4. The first-order valence-electron chi connectivity index (χ1n) is 12.8. The van der Waals surface area contributed by atoms with Gasteiger partial charge in [0.1, 0.15) is 0 Å². The molecule has 3 aromatic rings. The monoisotopic (exact) mass is 530 g/mol. The third-order valence-electron chi connectivity index (χ3n) is 7.11. The molecule has 0 radical (unpaired) electrons. The largest absolute Gasteiger partial charge is 0.349 e. The number of para-hydroxylation sites is 1. The van der Waals surface area contributed by atoms with E-state index < -0.39 is 0 Å². The summed E-state index contributed by atoms with van der Waals surface area (Å²) in [4.78, 5) is 23.9. The first-order valence-corrected chi connectivity index (χ1v) is 12.8. The van der Waals surface area contributed by atoms with Crippen LogP contribution in [0.3, 0.4) is 0 Å². The van der Waals surface area contributed by atoms with E-state index in [1.165, 1.54) is 0 Å². The van der Waals surface area contributed by atoms with Gasteiger partial charge in [-0.3, -0.25) is 14.6 Å². The molecule has 0 bridgehead atoms. The molecule has 1 saturated heterocycles. The molecule has 0 aliphatic carbocycles. The van der Waals surface area contributed by atoms with Crippen LogP contribution < -0.4 is 5.32 Å². The number of aromatic nitrogens is 1. The van der Waals surface area contributed by atoms with Crippen LogP contribution in [0, 0.1) is 0 Å². The molecule has 2 aromatic carbocycles. The van der Waals surface area contributed by atoms with E-state index in [2.05, 4.69) is 54.9 Å². The Labute approximate surface area is 228 Å². The van der Waals surface area contributed by atoms with E-state index in [-0.39, 0.29) is 36.8 Å². The van der Waals surface area contributed by atoms with E-state index in [0.29, 0.717) is 6.04 Å². The number of hydrogen-bond donors (Lipinski definition) is 1. The smallest absolute Gasteiger partial charge is 0.252 e. The lowest BCUT2D eigenvalue weighted by molar-refractivity contribution is 0.0926. The van der Waals surface area contributed by atoms with Crippen LogP contribution in [0.1, 0.15) is 56.5 Å². The predicted octanol–water partition coefficient (Wildman–Crippen LogP) is 6.19. The van der Waals surface area contributed by atoms with Crippen molar-refractivity contribution in [3.8, 4) is 11.3 Å². The Bertz CT molecular complexity index is 1110. The summed E-state index contributed by atoms with van der Waals surface area (Å²) >= 11 is 0. The SMILES string of the molecule is CCC(CC)NC(=O)c1c(CN2CCN(C(C)C)CC2)c(-c2ccccc2)nc2ccccc12.Cl.Cl. The van der Waals surface area contributed by atoms with Crippen molar-refractivity contribution in [3.63, 3.8) is 0 Å². The van der Waals surface area contributed by atoms with Crippen molar-refractivity contribution in [2.24, 2.45) is 0 Å². The summed E-state index contributed by atoms with van der Waals surface area (Å²) in [5.41, 5.74) is 4.65. The maximum absolute atomic E-state index is 13.8. The predicted molar refractivity (Wildman–Crippen MR) is 155 cm³/mol. The molecular formula is C29H40Cl2N4O. The average molecular weight is 532 g/mol. The molecular weight excluding hydrogens is 491 g/mol. The van der Waals surface area contributed by atoms with Crippen LogP contribution in [0.4, 0.5) is 0 Å². The molecule has 5 nitrogen and oxygen atoms in total. The molecule has 1 aliphatic heterocycles. The van der Waals surface area contributed by atoms with Gasteiger partial charge in [0, 0.05) is 61.3 Å². The van der Waals surface area contributed by atoms with Gasteiger partial charge < -0.3 is 5.32 Å². The van der Waals surface area contributed by atoms with Crippen LogP contribution in [-0.2, 0) is 6.54 Å². The Morgan fingerprint density at radius 1 is 0.917 bits per heavy atom. The number of halogens is 2. The van der Waals surface area contributed by atoms with Crippen molar-refractivity contribution >= 4 is 41.6 Å². The summed E-state index contributed by atoms with van der Waals surface area (Å²) in [7, 11) is 0. The molecule has 0 unspecified atom stereocenters. The van der Waals surface area contributed by atoms with E-state index in [4.69, 9.17) is 4.98 Å². The van der Waals surface area contributed by atoms with Crippen molar-refractivity contribution < 1.29 is 4.79 Å². The average Bonchev–Trinajstić information content (AvgIpc) is 2.87. The van der Waals surface area contributed by atoms with Gasteiger partial charge in [-0.15, -0.1) is 24.8 Å². The zero-order chi connectivity index (χ0) is 24.1. The molecule has 0 saturated carbocycles. The number of carbonyl (C=O) groups is 1. The molecule has 2 heterocycles. The maximum atomic E-state index is 13.8. The van der Waals surface area contributed by atoms with Gasteiger partial charge in [0.25, 0.3) is 5.91 Å². The van der Waals surface area contributed by atoms with Crippen LogP contribution in [-0.4, -0.2) is 59.0 Å². The van der Waals surface area contributed by atoms with Gasteiger partial charge in [-0.05, 0) is 32.8 Å². The van der Waals surface area contributed by atoms with Crippen LogP contribution >= 0.6 is 24.8 Å².